The van der Waals surface area contributed by atoms with Crippen LogP contribution in [0.5, 0.6) is 0 Å². The van der Waals surface area contributed by atoms with Crippen molar-refractivity contribution in [2.45, 2.75) is 39.0 Å². The lowest BCUT2D eigenvalue weighted by Gasteiger charge is -2.38. The fourth-order valence-electron chi connectivity index (χ4n) is 2.48. The van der Waals surface area contributed by atoms with E-state index in [9.17, 15) is 4.79 Å². The van der Waals surface area contributed by atoms with E-state index < -0.39 is 0 Å². The van der Waals surface area contributed by atoms with Crippen molar-refractivity contribution in [2.75, 3.05) is 18.4 Å². The van der Waals surface area contributed by atoms with Crippen LogP contribution in [0.4, 0.5) is 5.69 Å². The fourth-order valence-corrected chi connectivity index (χ4v) is 2.61. The van der Waals surface area contributed by atoms with Gasteiger partial charge in [-0.15, -0.1) is 0 Å². The van der Waals surface area contributed by atoms with Crippen molar-refractivity contribution in [1.29, 1.82) is 0 Å². The first-order valence-corrected chi connectivity index (χ1v) is 7.29. The molecule has 0 saturated carbocycles. The molecule has 1 aliphatic rings. The number of hydrogen-bond donors (Lipinski definition) is 1. The second kappa shape index (κ2) is 6.57. The molecule has 1 heterocycles. The Kier molecular flexibility index (Phi) is 5.02. The summed E-state index contributed by atoms with van der Waals surface area (Å²) in [7, 11) is 0. The molecular formula is C15H21ClN2O2. The molecule has 5 heteroatoms. The standard InChI is InChI=1S/C15H21ClN2O2/c1-10-8-18(9-11(2)20-10)12(3)15(19)17-14-6-4-13(16)5-7-14/h4-7,10-12H,8-9H2,1-3H3,(H,17,19). The van der Waals surface area contributed by atoms with E-state index in [1.54, 1.807) is 24.3 Å². The summed E-state index contributed by atoms with van der Waals surface area (Å²) in [6.45, 7) is 7.55. The van der Waals surface area contributed by atoms with Crippen molar-refractivity contribution < 1.29 is 9.53 Å². The minimum Gasteiger partial charge on any atom is -0.373 e. The van der Waals surface area contributed by atoms with Crippen molar-refractivity contribution in [2.24, 2.45) is 0 Å². The van der Waals surface area contributed by atoms with Crippen LogP contribution in [0.2, 0.25) is 5.02 Å². The van der Waals surface area contributed by atoms with Crippen molar-refractivity contribution in [3.8, 4) is 0 Å². The summed E-state index contributed by atoms with van der Waals surface area (Å²) in [4.78, 5) is 14.4. The Balaban J connectivity index is 1.96. The highest BCUT2D eigenvalue weighted by molar-refractivity contribution is 6.30. The number of morpholine rings is 1. The summed E-state index contributed by atoms with van der Waals surface area (Å²) in [5, 5.41) is 3.57. The highest BCUT2D eigenvalue weighted by atomic mass is 35.5. The number of nitrogens with one attached hydrogen (secondary N) is 1. The summed E-state index contributed by atoms with van der Waals surface area (Å²) in [5.41, 5.74) is 0.764. The van der Waals surface area contributed by atoms with Crippen LogP contribution in [0.25, 0.3) is 0 Å². The topological polar surface area (TPSA) is 41.6 Å². The van der Waals surface area contributed by atoms with Crippen LogP contribution in [0.3, 0.4) is 0 Å². The first kappa shape index (κ1) is 15.3. The van der Waals surface area contributed by atoms with E-state index in [2.05, 4.69) is 10.2 Å². The van der Waals surface area contributed by atoms with Crippen LogP contribution in [-0.4, -0.2) is 42.1 Å². The van der Waals surface area contributed by atoms with Crippen LogP contribution in [-0.2, 0) is 9.53 Å². The number of carbonyl (C=O) groups excluding carboxylic acids is 1. The van der Waals surface area contributed by atoms with Gasteiger partial charge in [0.1, 0.15) is 0 Å². The molecule has 3 atom stereocenters. The van der Waals surface area contributed by atoms with Gasteiger partial charge in [-0.3, -0.25) is 9.69 Å². The fraction of sp³-hybridized carbons (Fsp3) is 0.533. The largest absolute Gasteiger partial charge is 0.373 e. The molecule has 0 aliphatic carbocycles. The lowest BCUT2D eigenvalue weighted by Crippen LogP contribution is -2.52. The highest BCUT2D eigenvalue weighted by Crippen LogP contribution is 2.16. The monoisotopic (exact) mass is 296 g/mol. The third kappa shape index (κ3) is 3.95. The van der Waals surface area contributed by atoms with Gasteiger partial charge in [-0.2, -0.15) is 0 Å². The van der Waals surface area contributed by atoms with Gasteiger partial charge in [0.2, 0.25) is 5.91 Å². The zero-order valence-corrected chi connectivity index (χ0v) is 12.9. The van der Waals surface area contributed by atoms with E-state index in [0.29, 0.717) is 5.02 Å². The minimum absolute atomic E-state index is 0.00591. The molecule has 3 unspecified atom stereocenters. The summed E-state index contributed by atoms with van der Waals surface area (Å²) in [6.07, 6.45) is 0.314. The third-order valence-corrected chi connectivity index (χ3v) is 3.74. The first-order valence-electron chi connectivity index (χ1n) is 6.91. The SMILES string of the molecule is CC1CN(C(C)C(=O)Nc2ccc(Cl)cc2)CC(C)O1. The number of ether oxygens (including phenoxy) is 1. The maximum absolute atomic E-state index is 12.3. The van der Waals surface area contributed by atoms with Crippen LogP contribution in [0.1, 0.15) is 20.8 Å². The number of carbonyl (C=O) groups is 1. The molecule has 0 aromatic heterocycles. The Bertz CT molecular complexity index is 453. The molecule has 4 nitrogen and oxygen atoms in total. The van der Waals surface area contributed by atoms with Crippen LogP contribution < -0.4 is 5.32 Å². The van der Waals surface area contributed by atoms with Crippen molar-refractivity contribution in [3.05, 3.63) is 29.3 Å². The van der Waals surface area contributed by atoms with Crippen LogP contribution in [0.15, 0.2) is 24.3 Å². The van der Waals surface area contributed by atoms with Crippen LogP contribution >= 0.6 is 11.6 Å². The predicted octanol–water partition coefficient (Wildman–Crippen LogP) is 2.78. The van der Waals surface area contributed by atoms with E-state index in [-0.39, 0.29) is 24.2 Å². The molecule has 0 radical (unpaired) electrons. The molecule has 0 spiro atoms. The Hall–Kier alpha value is -1.10. The van der Waals surface area contributed by atoms with E-state index >= 15 is 0 Å². The van der Waals surface area contributed by atoms with Crippen molar-refractivity contribution in [1.82, 2.24) is 4.90 Å². The first-order chi connectivity index (χ1) is 9.45. The molecular weight excluding hydrogens is 276 g/mol. The van der Waals surface area contributed by atoms with Gasteiger partial charge in [-0.25, -0.2) is 0 Å². The molecule has 1 fully saturated rings. The smallest absolute Gasteiger partial charge is 0.241 e. The molecule has 20 heavy (non-hydrogen) atoms. The highest BCUT2D eigenvalue weighted by Gasteiger charge is 2.29. The van der Waals surface area contributed by atoms with E-state index in [1.807, 2.05) is 20.8 Å². The molecule has 0 bridgehead atoms. The summed E-state index contributed by atoms with van der Waals surface area (Å²) in [6, 6.07) is 6.95. The average Bonchev–Trinajstić information content (AvgIpc) is 2.39. The predicted molar refractivity (Wildman–Crippen MR) is 81.1 cm³/mol. The lowest BCUT2D eigenvalue weighted by molar-refractivity contribution is -0.126. The Morgan fingerprint density at radius 1 is 1.30 bits per heavy atom. The number of benzene rings is 1. The Labute approximate surface area is 125 Å². The minimum atomic E-state index is -0.181. The third-order valence-electron chi connectivity index (χ3n) is 3.49. The summed E-state index contributed by atoms with van der Waals surface area (Å²) < 4.78 is 5.69. The second-order valence-electron chi connectivity index (χ2n) is 5.38. The molecule has 1 saturated heterocycles. The number of halogens is 1. The van der Waals surface area contributed by atoms with Gasteiger partial charge in [-0.1, -0.05) is 11.6 Å². The zero-order chi connectivity index (χ0) is 14.7. The maximum atomic E-state index is 12.3. The van der Waals surface area contributed by atoms with Gasteiger partial charge in [0, 0.05) is 23.8 Å². The molecule has 1 aromatic rings. The molecule has 2 rings (SSSR count). The number of anilines is 1. The number of rotatable bonds is 3. The van der Waals surface area contributed by atoms with E-state index in [0.717, 1.165) is 18.8 Å². The summed E-state index contributed by atoms with van der Waals surface area (Å²) in [5.74, 6) is -0.00591. The molecule has 110 valence electrons. The Morgan fingerprint density at radius 3 is 2.40 bits per heavy atom. The molecule has 1 N–H and O–H groups in total. The van der Waals surface area contributed by atoms with Gasteiger partial charge in [0.15, 0.2) is 0 Å². The zero-order valence-electron chi connectivity index (χ0n) is 12.1. The number of nitrogens with zero attached hydrogens (tertiary/aromatic N) is 1. The quantitative estimate of drug-likeness (QED) is 0.932. The van der Waals surface area contributed by atoms with E-state index in [1.165, 1.54) is 0 Å². The molecule has 1 aliphatic heterocycles. The molecule has 1 aromatic carbocycles. The van der Waals surface area contributed by atoms with Crippen molar-refractivity contribution >= 4 is 23.2 Å². The number of amides is 1. The maximum Gasteiger partial charge on any atom is 0.241 e. The van der Waals surface area contributed by atoms with Gasteiger partial charge >= 0.3 is 0 Å². The Morgan fingerprint density at radius 2 is 1.85 bits per heavy atom. The van der Waals surface area contributed by atoms with Gasteiger partial charge in [0.05, 0.1) is 18.2 Å². The number of hydrogen-bond acceptors (Lipinski definition) is 3. The van der Waals surface area contributed by atoms with Gasteiger partial charge in [-0.05, 0) is 45.0 Å². The van der Waals surface area contributed by atoms with Crippen molar-refractivity contribution in [3.63, 3.8) is 0 Å². The van der Waals surface area contributed by atoms with E-state index in [4.69, 9.17) is 16.3 Å². The summed E-state index contributed by atoms with van der Waals surface area (Å²) >= 11 is 5.83. The molecule has 1 amide bonds. The normalized spacial score (nSPS) is 25.2. The van der Waals surface area contributed by atoms with Gasteiger partial charge in [0.25, 0.3) is 0 Å². The lowest BCUT2D eigenvalue weighted by atomic mass is 10.1. The second-order valence-corrected chi connectivity index (χ2v) is 5.82. The average molecular weight is 297 g/mol. The van der Waals surface area contributed by atoms with Gasteiger partial charge < -0.3 is 10.1 Å². The van der Waals surface area contributed by atoms with Crippen LogP contribution in [0, 0.1) is 0 Å².